The van der Waals surface area contributed by atoms with E-state index in [1.54, 1.807) is 19.1 Å². The number of aromatic nitrogens is 1. The lowest BCUT2D eigenvalue weighted by molar-refractivity contribution is -0.118. The molecule has 0 saturated carbocycles. The molecule has 17 heavy (non-hydrogen) atoms. The van der Waals surface area contributed by atoms with Gasteiger partial charge in [0.25, 0.3) is 0 Å². The monoisotopic (exact) mass is 232 g/mol. The number of carbonyl (C=O) groups excluding carboxylic acids is 1. The first-order valence-electron chi connectivity index (χ1n) is 5.11. The predicted octanol–water partition coefficient (Wildman–Crippen LogP) is 1.13. The van der Waals surface area contributed by atoms with E-state index in [0.29, 0.717) is 11.1 Å². The van der Waals surface area contributed by atoms with Gasteiger partial charge in [-0.15, -0.1) is 0 Å². The topological polar surface area (TPSA) is 85.3 Å². The molecule has 0 atom stereocenters. The molecule has 1 heterocycles. The zero-order valence-electron chi connectivity index (χ0n) is 9.30. The molecule has 1 amide bonds. The normalized spacial score (nSPS) is 10.6. The smallest absolute Gasteiger partial charge is 0.352 e. The molecule has 1 aromatic heterocycles. The van der Waals surface area contributed by atoms with Crippen LogP contribution in [0.5, 0.6) is 0 Å². The fraction of sp³-hybridized carbons (Fsp3) is 0.167. The first-order chi connectivity index (χ1) is 8.02. The van der Waals surface area contributed by atoms with Crippen molar-refractivity contribution < 1.29 is 14.7 Å². The Morgan fingerprint density at radius 2 is 2.00 bits per heavy atom. The number of rotatable bonds is 3. The number of nitrogens with two attached hydrogens (primary N) is 1. The predicted molar refractivity (Wildman–Crippen MR) is 62.8 cm³/mol. The van der Waals surface area contributed by atoms with E-state index in [2.05, 4.69) is 0 Å². The number of amides is 1. The first-order valence-corrected chi connectivity index (χ1v) is 5.11. The van der Waals surface area contributed by atoms with Gasteiger partial charge >= 0.3 is 5.97 Å². The molecule has 1 aromatic carbocycles. The van der Waals surface area contributed by atoms with E-state index < -0.39 is 11.9 Å². The van der Waals surface area contributed by atoms with Gasteiger partial charge in [-0.2, -0.15) is 0 Å². The highest BCUT2D eigenvalue weighted by Crippen LogP contribution is 2.25. The van der Waals surface area contributed by atoms with E-state index in [0.717, 1.165) is 5.39 Å². The zero-order valence-corrected chi connectivity index (χ0v) is 9.30. The third-order valence-electron chi connectivity index (χ3n) is 2.74. The molecule has 0 fully saturated rings. The van der Waals surface area contributed by atoms with Crippen molar-refractivity contribution in [2.24, 2.45) is 5.73 Å². The Morgan fingerprint density at radius 1 is 1.35 bits per heavy atom. The van der Waals surface area contributed by atoms with Crippen LogP contribution in [0.3, 0.4) is 0 Å². The summed E-state index contributed by atoms with van der Waals surface area (Å²) in [6.45, 7) is 1.60. The molecule has 0 unspecified atom stereocenters. The number of nitrogens with zero attached hydrogens (tertiary/aromatic N) is 1. The number of para-hydroxylation sites is 1. The fourth-order valence-electron chi connectivity index (χ4n) is 2.07. The quantitative estimate of drug-likeness (QED) is 0.831. The molecule has 0 saturated heterocycles. The fourth-order valence-corrected chi connectivity index (χ4v) is 2.07. The Labute approximate surface area is 97.4 Å². The van der Waals surface area contributed by atoms with Crippen molar-refractivity contribution >= 4 is 22.8 Å². The second-order valence-electron chi connectivity index (χ2n) is 3.85. The van der Waals surface area contributed by atoms with Crippen molar-refractivity contribution in [2.45, 2.75) is 13.5 Å². The van der Waals surface area contributed by atoms with Gasteiger partial charge in [0.2, 0.25) is 5.91 Å². The van der Waals surface area contributed by atoms with E-state index in [4.69, 9.17) is 5.73 Å². The van der Waals surface area contributed by atoms with Gasteiger partial charge in [-0.25, -0.2) is 4.79 Å². The minimum absolute atomic E-state index is 0.116. The third-order valence-corrected chi connectivity index (χ3v) is 2.74. The lowest BCUT2D eigenvalue weighted by Gasteiger charge is -2.05. The van der Waals surface area contributed by atoms with Crippen LogP contribution in [-0.2, 0) is 11.3 Å². The Kier molecular flexibility index (Phi) is 2.59. The van der Waals surface area contributed by atoms with Crippen LogP contribution in [-0.4, -0.2) is 21.6 Å². The van der Waals surface area contributed by atoms with E-state index in [9.17, 15) is 14.7 Å². The van der Waals surface area contributed by atoms with Crippen molar-refractivity contribution in [3.63, 3.8) is 0 Å². The highest BCUT2D eigenvalue weighted by molar-refractivity contribution is 5.98. The van der Waals surface area contributed by atoms with Crippen LogP contribution >= 0.6 is 0 Å². The highest BCUT2D eigenvalue weighted by Gasteiger charge is 2.19. The van der Waals surface area contributed by atoms with Gasteiger partial charge in [-0.05, 0) is 18.6 Å². The van der Waals surface area contributed by atoms with Gasteiger partial charge in [0.15, 0.2) is 0 Å². The van der Waals surface area contributed by atoms with Crippen molar-refractivity contribution in [2.75, 3.05) is 0 Å². The summed E-state index contributed by atoms with van der Waals surface area (Å²) in [7, 11) is 0. The number of carboxylic acid groups (broad SMARTS) is 1. The van der Waals surface area contributed by atoms with E-state index >= 15 is 0 Å². The average molecular weight is 232 g/mol. The second-order valence-corrected chi connectivity index (χ2v) is 3.85. The summed E-state index contributed by atoms with van der Waals surface area (Å²) in [5.74, 6) is -1.62. The first kappa shape index (κ1) is 11.2. The summed E-state index contributed by atoms with van der Waals surface area (Å²) in [5, 5.41) is 10.0. The number of benzene rings is 1. The number of aromatic carboxylic acids is 1. The van der Waals surface area contributed by atoms with Crippen LogP contribution in [0.1, 0.15) is 16.1 Å². The molecular weight excluding hydrogens is 220 g/mol. The van der Waals surface area contributed by atoms with Crippen molar-refractivity contribution in [3.05, 3.63) is 35.5 Å². The Bertz CT molecular complexity index is 613. The van der Waals surface area contributed by atoms with Gasteiger partial charge in [-0.1, -0.05) is 18.2 Å². The molecule has 2 aromatic rings. The lowest BCUT2D eigenvalue weighted by Crippen LogP contribution is -2.21. The summed E-state index contributed by atoms with van der Waals surface area (Å²) in [6.07, 6.45) is 0. The summed E-state index contributed by atoms with van der Waals surface area (Å²) in [5.41, 5.74) is 6.61. The lowest BCUT2D eigenvalue weighted by atomic mass is 10.1. The summed E-state index contributed by atoms with van der Waals surface area (Å²) in [4.78, 5) is 22.2. The van der Waals surface area contributed by atoms with E-state index in [1.807, 2.05) is 12.1 Å². The molecule has 0 bridgehead atoms. The standard InChI is InChI=1S/C12H12N2O3/c1-7-8-4-2-3-5-9(8)14(6-10(13)15)11(7)12(16)17/h2-5H,6H2,1H3,(H2,13,15)(H,16,17). The van der Waals surface area contributed by atoms with Crippen LogP contribution in [0.15, 0.2) is 24.3 Å². The molecule has 0 aliphatic rings. The van der Waals surface area contributed by atoms with Crippen molar-refractivity contribution in [1.82, 2.24) is 4.57 Å². The number of carbonyl (C=O) groups is 2. The molecule has 88 valence electrons. The Balaban J connectivity index is 2.80. The van der Waals surface area contributed by atoms with E-state index in [1.165, 1.54) is 4.57 Å². The van der Waals surface area contributed by atoms with Gasteiger partial charge < -0.3 is 15.4 Å². The zero-order chi connectivity index (χ0) is 12.6. The number of hydrogen-bond donors (Lipinski definition) is 2. The molecule has 2 rings (SSSR count). The molecular formula is C12H12N2O3. The Hall–Kier alpha value is -2.30. The number of primary amides is 1. The van der Waals surface area contributed by atoms with Crippen LogP contribution in [0, 0.1) is 6.92 Å². The number of hydrogen-bond acceptors (Lipinski definition) is 2. The minimum Gasteiger partial charge on any atom is -0.477 e. The van der Waals surface area contributed by atoms with Gasteiger partial charge in [0.1, 0.15) is 12.2 Å². The van der Waals surface area contributed by atoms with Crippen LogP contribution in [0.4, 0.5) is 0 Å². The maximum Gasteiger partial charge on any atom is 0.352 e. The molecule has 0 spiro atoms. The Morgan fingerprint density at radius 3 is 2.59 bits per heavy atom. The molecule has 5 heteroatoms. The van der Waals surface area contributed by atoms with Gasteiger partial charge in [-0.3, -0.25) is 4.79 Å². The largest absolute Gasteiger partial charge is 0.477 e. The van der Waals surface area contributed by atoms with Crippen molar-refractivity contribution in [3.8, 4) is 0 Å². The maximum atomic E-state index is 11.2. The summed E-state index contributed by atoms with van der Waals surface area (Å²) >= 11 is 0. The van der Waals surface area contributed by atoms with E-state index in [-0.39, 0.29) is 12.2 Å². The molecule has 0 aliphatic heterocycles. The average Bonchev–Trinajstić information content (AvgIpc) is 2.52. The van der Waals surface area contributed by atoms with Gasteiger partial charge in [0, 0.05) is 10.9 Å². The molecule has 3 N–H and O–H groups in total. The molecule has 0 radical (unpaired) electrons. The van der Waals surface area contributed by atoms with Gasteiger partial charge in [0.05, 0.1) is 0 Å². The van der Waals surface area contributed by atoms with Crippen LogP contribution < -0.4 is 5.73 Å². The number of carboxylic acids is 1. The third kappa shape index (κ3) is 1.75. The molecule has 0 aliphatic carbocycles. The SMILES string of the molecule is Cc1c(C(=O)O)n(CC(N)=O)c2ccccc12. The maximum absolute atomic E-state index is 11.2. The number of aryl methyl sites for hydroxylation is 1. The van der Waals surface area contributed by atoms with Crippen molar-refractivity contribution in [1.29, 1.82) is 0 Å². The second kappa shape index (κ2) is 3.93. The molecule has 5 nitrogen and oxygen atoms in total. The summed E-state index contributed by atoms with van der Waals surface area (Å²) < 4.78 is 1.44. The highest BCUT2D eigenvalue weighted by atomic mass is 16.4. The van der Waals surface area contributed by atoms with Crippen LogP contribution in [0.2, 0.25) is 0 Å². The minimum atomic E-state index is -1.06. The summed E-state index contributed by atoms with van der Waals surface area (Å²) in [6, 6.07) is 7.23. The number of fused-ring (bicyclic) bond motifs is 1. The van der Waals surface area contributed by atoms with Crippen LogP contribution in [0.25, 0.3) is 10.9 Å².